The molecule has 0 saturated heterocycles. The molecular formula is C29H29NO5S. The van der Waals surface area contributed by atoms with Gasteiger partial charge in [-0.3, -0.25) is 0 Å². The summed E-state index contributed by atoms with van der Waals surface area (Å²) in [5.41, 5.74) is 2.80. The summed E-state index contributed by atoms with van der Waals surface area (Å²) in [6.07, 6.45) is 0. The summed E-state index contributed by atoms with van der Waals surface area (Å²) in [4.78, 5) is 13.2. The van der Waals surface area contributed by atoms with Crippen molar-refractivity contribution in [1.29, 1.82) is 0 Å². The number of carbonyl (C=O) groups excluding carboxylic acids is 1. The number of aryl methyl sites for hydroxylation is 2. The summed E-state index contributed by atoms with van der Waals surface area (Å²) in [7, 11) is 1.91. The molecule has 0 aliphatic heterocycles. The van der Waals surface area contributed by atoms with Gasteiger partial charge in [0, 0.05) is 18.8 Å². The van der Waals surface area contributed by atoms with Gasteiger partial charge < -0.3 is 24.6 Å². The molecule has 0 aliphatic rings. The van der Waals surface area contributed by atoms with Crippen LogP contribution in [0.25, 0.3) is 10.8 Å². The minimum Gasteiger partial charge on any atom is -0.508 e. The summed E-state index contributed by atoms with van der Waals surface area (Å²) in [5, 5.41) is 21.3. The van der Waals surface area contributed by atoms with Gasteiger partial charge in [-0.15, -0.1) is 0 Å². The third-order valence-electron chi connectivity index (χ3n) is 5.37. The fourth-order valence-electron chi connectivity index (χ4n) is 3.56. The molecule has 0 aromatic heterocycles. The third-order valence-corrected chi connectivity index (χ3v) is 5.73. The van der Waals surface area contributed by atoms with E-state index in [9.17, 15) is 9.90 Å². The molecule has 36 heavy (non-hydrogen) atoms. The SMILES string of the molecule is CCOC(=O)c1c(C)cc(O)cc1O.Cc1cccc(N(C)C(=S)Oc2ccc3ccccc3c2)c1. The van der Waals surface area contributed by atoms with E-state index in [1.165, 1.54) is 17.0 Å². The van der Waals surface area contributed by atoms with Crippen molar-refractivity contribution >= 4 is 39.8 Å². The van der Waals surface area contributed by atoms with Crippen LogP contribution in [0.4, 0.5) is 5.69 Å². The Balaban J connectivity index is 0.000000223. The predicted octanol–water partition coefficient (Wildman–Crippen LogP) is 6.53. The molecule has 0 spiro atoms. The van der Waals surface area contributed by atoms with Gasteiger partial charge in [-0.05, 0) is 85.2 Å². The highest BCUT2D eigenvalue weighted by Gasteiger charge is 2.16. The Bertz CT molecular complexity index is 1360. The first-order valence-corrected chi connectivity index (χ1v) is 11.8. The maximum absolute atomic E-state index is 11.3. The normalized spacial score (nSPS) is 10.2. The van der Waals surface area contributed by atoms with Crippen molar-refractivity contribution < 1.29 is 24.5 Å². The van der Waals surface area contributed by atoms with Gasteiger partial charge in [0.05, 0.1) is 6.61 Å². The van der Waals surface area contributed by atoms with Crippen LogP contribution in [0.5, 0.6) is 17.2 Å². The lowest BCUT2D eigenvalue weighted by Gasteiger charge is -2.20. The molecule has 0 bridgehead atoms. The Hall–Kier alpha value is -4.10. The lowest BCUT2D eigenvalue weighted by Crippen LogP contribution is -2.29. The van der Waals surface area contributed by atoms with E-state index in [0.717, 1.165) is 22.9 Å². The number of ether oxygens (including phenoxy) is 2. The number of esters is 1. The average molecular weight is 504 g/mol. The molecule has 4 aromatic rings. The summed E-state index contributed by atoms with van der Waals surface area (Å²) >= 11 is 5.41. The standard InChI is InChI=1S/C19H17NOS.C10H12O4/c1-14-6-5-9-17(12-14)20(2)19(22)21-18-11-10-15-7-3-4-8-16(15)13-18;1-3-14-10(13)9-6(2)4-7(11)5-8(9)12/h3-13H,1-2H3;4-5,11-12H,3H2,1-2H3. The molecule has 4 rings (SSSR count). The van der Waals surface area contributed by atoms with Crippen molar-refractivity contribution in [2.75, 3.05) is 18.6 Å². The third kappa shape index (κ3) is 6.73. The Morgan fingerprint density at radius 1 is 0.917 bits per heavy atom. The highest BCUT2D eigenvalue weighted by molar-refractivity contribution is 7.80. The van der Waals surface area contributed by atoms with Gasteiger partial charge in [0.15, 0.2) is 0 Å². The number of rotatable bonds is 4. The number of thiocarbonyl (C=S) groups is 1. The predicted molar refractivity (Wildman–Crippen MR) is 147 cm³/mol. The summed E-state index contributed by atoms with van der Waals surface area (Å²) in [6, 6.07) is 24.9. The van der Waals surface area contributed by atoms with E-state index in [2.05, 4.69) is 31.2 Å². The lowest BCUT2D eigenvalue weighted by atomic mass is 10.1. The first kappa shape index (κ1) is 26.5. The van der Waals surface area contributed by atoms with Crippen molar-refractivity contribution in [1.82, 2.24) is 0 Å². The number of benzene rings is 4. The minimum absolute atomic E-state index is 0.0759. The van der Waals surface area contributed by atoms with Gasteiger partial charge in [0.2, 0.25) is 0 Å². The quantitative estimate of drug-likeness (QED) is 0.242. The highest BCUT2D eigenvalue weighted by atomic mass is 32.1. The molecule has 0 amide bonds. The second kappa shape index (κ2) is 12.0. The number of hydrogen-bond donors (Lipinski definition) is 2. The molecule has 6 nitrogen and oxygen atoms in total. The number of nitrogens with zero attached hydrogens (tertiary/aromatic N) is 1. The van der Waals surface area contributed by atoms with Crippen LogP contribution in [0.2, 0.25) is 0 Å². The van der Waals surface area contributed by atoms with E-state index in [0.29, 0.717) is 10.7 Å². The van der Waals surface area contributed by atoms with Gasteiger partial charge in [-0.1, -0.05) is 42.5 Å². The molecule has 0 unspecified atom stereocenters. The molecule has 0 radical (unpaired) electrons. The molecule has 4 aromatic carbocycles. The van der Waals surface area contributed by atoms with Gasteiger partial charge in [-0.25, -0.2) is 4.79 Å². The van der Waals surface area contributed by atoms with E-state index < -0.39 is 5.97 Å². The monoisotopic (exact) mass is 503 g/mol. The number of hydrogen-bond acceptors (Lipinski definition) is 6. The van der Waals surface area contributed by atoms with E-state index in [-0.39, 0.29) is 23.7 Å². The number of anilines is 1. The minimum atomic E-state index is -0.581. The van der Waals surface area contributed by atoms with Crippen molar-refractivity contribution in [3.05, 3.63) is 95.6 Å². The zero-order valence-corrected chi connectivity index (χ0v) is 21.5. The molecule has 7 heteroatoms. The van der Waals surface area contributed by atoms with Crippen LogP contribution in [-0.2, 0) is 4.74 Å². The van der Waals surface area contributed by atoms with E-state index in [1.807, 2.05) is 54.4 Å². The zero-order valence-electron chi connectivity index (χ0n) is 20.7. The van der Waals surface area contributed by atoms with Crippen molar-refractivity contribution in [3.8, 4) is 17.2 Å². The van der Waals surface area contributed by atoms with Crippen LogP contribution in [0.1, 0.15) is 28.4 Å². The molecule has 186 valence electrons. The number of carbonyl (C=O) groups is 1. The summed E-state index contributed by atoms with van der Waals surface area (Å²) in [6.45, 7) is 5.61. The van der Waals surface area contributed by atoms with Gasteiger partial charge in [0.1, 0.15) is 22.8 Å². The first-order valence-electron chi connectivity index (χ1n) is 11.4. The number of phenolic OH excluding ortho intramolecular Hbond substituents is 2. The topological polar surface area (TPSA) is 79.2 Å². The van der Waals surface area contributed by atoms with Crippen LogP contribution in [0.15, 0.2) is 78.9 Å². The van der Waals surface area contributed by atoms with Crippen molar-refractivity contribution in [2.45, 2.75) is 20.8 Å². The maximum Gasteiger partial charge on any atom is 0.342 e. The van der Waals surface area contributed by atoms with Gasteiger partial charge >= 0.3 is 5.97 Å². The van der Waals surface area contributed by atoms with E-state index in [4.69, 9.17) is 26.8 Å². The number of phenols is 2. The molecule has 0 fully saturated rings. The van der Waals surface area contributed by atoms with Crippen LogP contribution >= 0.6 is 12.2 Å². The fourth-order valence-corrected chi connectivity index (χ4v) is 3.76. The van der Waals surface area contributed by atoms with E-state index >= 15 is 0 Å². The fraction of sp³-hybridized carbons (Fsp3) is 0.172. The van der Waals surface area contributed by atoms with Crippen LogP contribution < -0.4 is 9.64 Å². The Morgan fingerprint density at radius 3 is 2.31 bits per heavy atom. The van der Waals surface area contributed by atoms with Gasteiger partial charge in [0.25, 0.3) is 5.17 Å². The number of fused-ring (bicyclic) bond motifs is 1. The van der Waals surface area contributed by atoms with Crippen LogP contribution in [0, 0.1) is 13.8 Å². The Labute approximate surface area is 216 Å². The largest absolute Gasteiger partial charge is 0.508 e. The van der Waals surface area contributed by atoms with Crippen LogP contribution in [-0.4, -0.2) is 35.0 Å². The molecule has 2 N–H and O–H groups in total. The highest BCUT2D eigenvalue weighted by Crippen LogP contribution is 2.27. The molecule has 0 atom stereocenters. The summed E-state index contributed by atoms with van der Waals surface area (Å²) in [5.74, 6) is -0.167. The molecule has 0 saturated carbocycles. The Morgan fingerprint density at radius 2 is 1.64 bits per heavy atom. The molecular weight excluding hydrogens is 474 g/mol. The smallest absolute Gasteiger partial charge is 0.342 e. The first-order chi connectivity index (χ1) is 17.2. The zero-order chi connectivity index (χ0) is 26.2. The summed E-state index contributed by atoms with van der Waals surface area (Å²) < 4.78 is 10.6. The molecule has 0 heterocycles. The lowest BCUT2D eigenvalue weighted by molar-refractivity contribution is 0.0522. The Kier molecular flexibility index (Phi) is 8.86. The second-order valence-electron chi connectivity index (χ2n) is 8.15. The van der Waals surface area contributed by atoms with E-state index in [1.54, 1.807) is 13.8 Å². The average Bonchev–Trinajstić information content (AvgIpc) is 2.83. The maximum atomic E-state index is 11.3. The van der Waals surface area contributed by atoms with Gasteiger partial charge in [-0.2, -0.15) is 0 Å². The van der Waals surface area contributed by atoms with Crippen molar-refractivity contribution in [2.24, 2.45) is 0 Å². The number of aromatic hydroxyl groups is 2. The second-order valence-corrected chi connectivity index (χ2v) is 8.50. The van der Waals surface area contributed by atoms with Crippen LogP contribution in [0.3, 0.4) is 0 Å². The van der Waals surface area contributed by atoms with Crippen molar-refractivity contribution in [3.63, 3.8) is 0 Å². The molecule has 0 aliphatic carbocycles.